The lowest BCUT2D eigenvalue weighted by Gasteiger charge is -2.30. The average Bonchev–Trinajstić information content (AvgIpc) is 2.48. The minimum absolute atomic E-state index is 0.102. The maximum Gasteiger partial charge on any atom is 0.220 e. The number of hydrogen-bond acceptors (Lipinski definition) is 4. The highest BCUT2D eigenvalue weighted by molar-refractivity contribution is 5.76. The fraction of sp³-hybridized carbons (Fsp3) is 0.688. The standard InChI is InChI=1S/C16H26N4O/c1-3-20-8-4-14(5-9-20)11-16(21)19-13(2)10-15-12-17-6-7-18-15/h6-7,12-14H,3-5,8-11H2,1-2H3,(H,19,21)/t13-/m0/s1. The number of likely N-dealkylation sites (tertiary alicyclic amines) is 1. The summed E-state index contributed by atoms with van der Waals surface area (Å²) in [7, 11) is 0. The summed E-state index contributed by atoms with van der Waals surface area (Å²) < 4.78 is 0. The summed E-state index contributed by atoms with van der Waals surface area (Å²) in [5.41, 5.74) is 0.918. The van der Waals surface area contributed by atoms with Crippen molar-refractivity contribution < 1.29 is 4.79 Å². The van der Waals surface area contributed by atoms with Crippen LogP contribution in [0, 0.1) is 5.92 Å². The van der Waals surface area contributed by atoms with Crippen molar-refractivity contribution in [2.24, 2.45) is 5.92 Å². The molecule has 0 spiro atoms. The smallest absolute Gasteiger partial charge is 0.220 e. The summed E-state index contributed by atoms with van der Waals surface area (Å²) in [5, 5.41) is 3.08. The van der Waals surface area contributed by atoms with Gasteiger partial charge in [0.2, 0.25) is 5.91 Å². The lowest BCUT2D eigenvalue weighted by Crippen LogP contribution is -2.38. The van der Waals surface area contributed by atoms with Crippen LogP contribution in [0.2, 0.25) is 0 Å². The molecule has 0 aliphatic carbocycles. The van der Waals surface area contributed by atoms with Crippen molar-refractivity contribution in [1.29, 1.82) is 0 Å². The van der Waals surface area contributed by atoms with E-state index in [4.69, 9.17) is 0 Å². The highest BCUT2D eigenvalue weighted by Crippen LogP contribution is 2.20. The predicted molar refractivity (Wildman–Crippen MR) is 82.8 cm³/mol. The number of amides is 1. The number of aromatic nitrogens is 2. The van der Waals surface area contributed by atoms with E-state index in [0.29, 0.717) is 12.3 Å². The molecule has 0 unspecified atom stereocenters. The van der Waals surface area contributed by atoms with Crippen molar-refractivity contribution in [2.75, 3.05) is 19.6 Å². The first-order chi connectivity index (χ1) is 10.2. The summed E-state index contributed by atoms with van der Waals surface area (Å²) in [4.78, 5) is 22.8. The molecule has 5 nitrogen and oxygen atoms in total. The van der Waals surface area contributed by atoms with Crippen LogP contribution in [0.1, 0.15) is 38.8 Å². The fourth-order valence-corrected chi connectivity index (χ4v) is 2.90. The highest BCUT2D eigenvalue weighted by atomic mass is 16.1. The summed E-state index contributed by atoms with van der Waals surface area (Å²) in [6, 6.07) is 0.102. The monoisotopic (exact) mass is 290 g/mol. The minimum atomic E-state index is 0.102. The van der Waals surface area contributed by atoms with Gasteiger partial charge in [0.15, 0.2) is 0 Å². The Hall–Kier alpha value is -1.49. The molecule has 2 heterocycles. The summed E-state index contributed by atoms with van der Waals surface area (Å²) in [6.07, 6.45) is 8.76. The second-order valence-corrected chi connectivity index (χ2v) is 5.95. The van der Waals surface area contributed by atoms with Gasteiger partial charge in [-0.2, -0.15) is 0 Å². The van der Waals surface area contributed by atoms with Crippen molar-refractivity contribution in [1.82, 2.24) is 20.2 Å². The molecule has 1 aliphatic heterocycles. The number of carbonyl (C=O) groups is 1. The first kappa shape index (κ1) is 15.9. The topological polar surface area (TPSA) is 58.1 Å². The SMILES string of the molecule is CCN1CCC(CC(=O)N[C@@H](C)Cc2cnccn2)CC1. The Labute approximate surface area is 127 Å². The second-order valence-electron chi connectivity index (χ2n) is 5.95. The van der Waals surface area contributed by atoms with E-state index in [1.165, 1.54) is 0 Å². The van der Waals surface area contributed by atoms with Gasteiger partial charge in [0.05, 0.1) is 5.69 Å². The minimum Gasteiger partial charge on any atom is -0.353 e. The predicted octanol–water partition coefficient (Wildman–Crippen LogP) is 1.65. The molecule has 5 heteroatoms. The fourth-order valence-electron chi connectivity index (χ4n) is 2.90. The van der Waals surface area contributed by atoms with Crippen molar-refractivity contribution in [3.63, 3.8) is 0 Å². The zero-order valence-corrected chi connectivity index (χ0v) is 13.1. The quantitative estimate of drug-likeness (QED) is 0.865. The molecular formula is C16H26N4O. The molecule has 1 fully saturated rings. The molecule has 2 rings (SSSR count). The molecule has 1 aliphatic rings. The summed E-state index contributed by atoms with van der Waals surface area (Å²) >= 11 is 0. The lowest BCUT2D eigenvalue weighted by molar-refractivity contribution is -0.122. The van der Waals surface area contributed by atoms with E-state index in [0.717, 1.165) is 44.6 Å². The van der Waals surface area contributed by atoms with E-state index >= 15 is 0 Å². The van der Waals surface area contributed by atoms with Gasteiger partial charge in [-0.15, -0.1) is 0 Å². The van der Waals surface area contributed by atoms with Gasteiger partial charge in [-0.25, -0.2) is 0 Å². The van der Waals surface area contributed by atoms with Gasteiger partial charge in [-0.3, -0.25) is 14.8 Å². The molecule has 1 aromatic rings. The molecule has 21 heavy (non-hydrogen) atoms. The molecule has 1 atom stereocenters. The Morgan fingerprint density at radius 1 is 1.43 bits per heavy atom. The van der Waals surface area contributed by atoms with Gasteiger partial charge >= 0.3 is 0 Å². The molecule has 0 saturated carbocycles. The van der Waals surface area contributed by atoms with Crippen LogP contribution in [0.5, 0.6) is 0 Å². The maximum atomic E-state index is 12.1. The first-order valence-corrected chi connectivity index (χ1v) is 7.94. The zero-order chi connectivity index (χ0) is 15.1. The molecule has 0 aromatic carbocycles. The third kappa shape index (κ3) is 5.42. The number of carbonyl (C=O) groups excluding carboxylic acids is 1. The zero-order valence-electron chi connectivity index (χ0n) is 13.1. The molecule has 1 N–H and O–H groups in total. The van der Waals surface area contributed by atoms with Crippen LogP contribution in [0.25, 0.3) is 0 Å². The molecule has 0 bridgehead atoms. The Kier molecular flexibility index (Phi) is 6.11. The number of nitrogens with zero attached hydrogens (tertiary/aromatic N) is 3. The maximum absolute atomic E-state index is 12.1. The molecule has 1 amide bonds. The largest absolute Gasteiger partial charge is 0.353 e. The van der Waals surface area contributed by atoms with E-state index in [-0.39, 0.29) is 11.9 Å². The Bertz CT molecular complexity index is 429. The Morgan fingerprint density at radius 2 is 2.19 bits per heavy atom. The third-order valence-corrected chi connectivity index (χ3v) is 4.17. The van der Waals surface area contributed by atoms with Crippen LogP contribution >= 0.6 is 0 Å². The molecule has 1 aromatic heterocycles. The Balaban J connectivity index is 1.69. The Morgan fingerprint density at radius 3 is 2.81 bits per heavy atom. The van der Waals surface area contributed by atoms with E-state index in [2.05, 4.69) is 27.1 Å². The van der Waals surface area contributed by atoms with Crippen LogP contribution in [0.3, 0.4) is 0 Å². The second kappa shape index (κ2) is 8.08. The highest BCUT2D eigenvalue weighted by Gasteiger charge is 2.21. The van der Waals surface area contributed by atoms with Crippen LogP contribution in [0.4, 0.5) is 0 Å². The van der Waals surface area contributed by atoms with Crippen molar-refractivity contribution >= 4 is 5.91 Å². The van der Waals surface area contributed by atoms with Gasteiger partial charge < -0.3 is 10.2 Å². The number of rotatable bonds is 6. The van der Waals surface area contributed by atoms with E-state index in [1.54, 1.807) is 18.6 Å². The van der Waals surface area contributed by atoms with Crippen LogP contribution in [-0.2, 0) is 11.2 Å². The van der Waals surface area contributed by atoms with Gasteiger partial charge in [0.25, 0.3) is 0 Å². The molecule has 1 saturated heterocycles. The van der Waals surface area contributed by atoms with Gasteiger partial charge in [0, 0.05) is 37.5 Å². The molecule has 116 valence electrons. The van der Waals surface area contributed by atoms with Crippen LogP contribution in [0.15, 0.2) is 18.6 Å². The average molecular weight is 290 g/mol. The van der Waals surface area contributed by atoms with Gasteiger partial charge in [-0.1, -0.05) is 6.92 Å². The third-order valence-electron chi connectivity index (χ3n) is 4.17. The van der Waals surface area contributed by atoms with Crippen molar-refractivity contribution in [2.45, 2.75) is 45.6 Å². The number of nitrogens with one attached hydrogen (secondary N) is 1. The van der Waals surface area contributed by atoms with Crippen LogP contribution < -0.4 is 5.32 Å². The first-order valence-electron chi connectivity index (χ1n) is 7.94. The van der Waals surface area contributed by atoms with Crippen molar-refractivity contribution in [3.8, 4) is 0 Å². The molecular weight excluding hydrogens is 264 g/mol. The number of piperidine rings is 1. The van der Waals surface area contributed by atoms with Gasteiger partial charge in [-0.05, 0) is 45.3 Å². The lowest BCUT2D eigenvalue weighted by atomic mass is 9.93. The van der Waals surface area contributed by atoms with Crippen molar-refractivity contribution in [3.05, 3.63) is 24.3 Å². The summed E-state index contributed by atoms with van der Waals surface area (Å²) in [5.74, 6) is 0.706. The number of hydrogen-bond donors (Lipinski definition) is 1. The van der Waals surface area contributed by atoms with E-state index < -0.39 is 0 Å². The normalized spacial score (nSPS) is 18.4. The van der Waals surface area contributed by atoms with Gasteiger partial charge in [0.1, 0.15) is 0 Å². The van der Waals surface area contributed by atoms with E-state index in [9.17, 15) is 4.79 Å². The van der Waals surface area contributed by atoms with E-state index in [1.807, 2.05) is 6.92 Å². The molecule has 0 radical (unpaired) electrons. The van der Waals surface area contributed by atoms with Crippen LogP contribution in [-0.4, -0.2) is 46.5 Å². The summed E-state index contributed by atoms with van der Waals surface area (Å²) in [6.45, 7) is 7.59.